The van der Waals surface area contributed by atoms with Crippen molar-refractivity contribution in [3.63, 3.8) is 0 Å². The van der Waals surface area contributed by atoms with Gasteiger partial charge in [0.15, 0.2) is 0 Å². The summed E-state index contributed by atoms with van der Waals surface area (Å²) in [6.07, 6.45) is -0.0417. The smallest absolute Gasteiger partial charge is 0.123 e. The third kappa shape index (κ3) is 3.08. The van der Waals surface area contributed by atoms with Crippen molar-refractivity contribution in [1.82, 2.24) is 0 Å². The summed E-state index contributed by atoms with van der Waals surface area (Å²) in [6, 6.07) is 0. The Bertz CT molecular complexity index is 101. The molecule has 0 aromatic rings. The van der Waals surface area contributed by atoms with Crippen LogP contribution in [0.15, 0.2) is 4.99 Å². The highest BCUT2D eigenvalue weighted by atomic mass is 16.5. The minimum absolute atomic E-state index is 0.0417. The second kappa shape index (κ2) is 4.32. The lowest BCUT2D eigenvalue weighted by Crippen LogP contribution is -2.28. The normalized spacial score (nSPS) is 15.7. The number of hydrogen-bond donors (Lipinski definition) is 1. The monoisotopic (exact) mass is 130 g/mol. The van der Waals surface area contributed by atoms with Crippen LogP contribution in [0.5, 0.6) is 0 Å². The maximum Gasteiger partial charge on any atom is 0.123 e. The Kier molecular flexibility index (Phi) is 4.05. The van der Waals surface area contributed by atoms with Gasteiger partial charge in [-0.15, -0.1) is 0 Å². The first-order valence-electron chi connectivity index (χ1n) is 3.06. The van der Waals surface area contributed by atoms with E-state index in [2.05, 4.69) is 4.99 Å². The van der Waals surface area contributed by atoms with Crippen molar-refractivity contribution in [2.75, 3.05) is 13.7 Å². The number of nitrogens with two attached hydrogens (primary N) is 1. The first kappa shape index (κ1) is 8.43. The molecule has 0 amide bonds. The highest BCUT2D eigenvalue weighted by Crippen LogP contribution is 1.88. The van der Waals surface area contributed by atoms with E-state index < -0.39 is 0 Å². The van der Waals surface area contributed by atoms with Crippen molar-refractivity contribution in [3.05, 3.63) is 0 Å². The molecule has 1 atom stereocenters. The molecule has 0 aromatic carbocycles. The van der Waals surface area contributed by atoms with Crippen LogP contribution in [0.4, 0.5) is 0 Å². The summed E-state index contributed by atoms with van der Waals surface area (Å²) >= 11 is 0. The molecule has 0 bridgehead atoms. The Morgan fingerprint density at radius 2 is 2.33 bits per heavy atom. The van der Waals surface area contributed by atoms with E-state index in [1.54, 1.807) is 7.05 Å². The largest absolute Gasteiger partial charge is 0.385 e. The molecule has 3 heteroatoms. The molecule has 0 saturated carbocycles. The van der Waals surface area contributed by atoms with Crippen molar-refractivity contribution in [1.29, 1.82) is 0 Å². The van der Waals surface area contributed by atoms with Crippen molar-refractivity contribution in [2.45, 2.75) is 20.0 Å². The molecular formula is C6H14N2O. The van der Waals surface area contributed by atoms with Gasteiger partial charge in [0.25, 0.3) is 0 Å². The molecule has 0 aliphatic heterocycles. The van der Waals surface area contributed by atoms with Crippen LogP contribution in [0.3, 0.4) is 0 Å². The zero-order chi connectivity index (χ0) is 7.28. The molecule has 0 aliphatic carbocycles. The Labute approximate surface area is 55.9 Å². The second-order valence-electron chi connectivity index (χ2n) is 1.75. The molecule has 0 spiro atoms. The van der Waals surface area contributed by atoms with E-state index in [1.807, 2.05) is 13.8 Å². The third-order valence-corrected chi connectivity index (χ3v) is 1.09. The first-order valence-corrected chi connectivity index (χ1v) is 3.06. The first-order chi connectivity index (χ1) is 4.22. The number of ether oxygens (including phenoxy) is 1. The molecule has 2 N–H and O–H groups in total. The third-order valence-electron chi connectivity index (χ3n) is 1.09. The quantitative estimate of drug-likeness (QED) is 0.444. The SMILES string of the molecule is CCOC(C)C(N)=NC. The van der Waals surface area contributed by atoms with E-state index in [4.69, 9.17) is 10.5 Å². The maximum absolute atomic E-state index is 5.43. The molecule has 0 aromatic heterocycles. The van der Waals surface area contributed by atoms with Gasteiger partial charge in [-0.2, -0.15) is 0 Å². The van der Waals surface area contributed by atoms with Crippen LogP contribution in [0, 0.1) is 0 Å². The van der Waals surface area contributed by atoms with Gasteiger partial charge < -0.3 is 10.5 Å². The summed E-state index contributed by atoms with van der Waals surface area (Å²) < 4.78 is 5.14. The molecule has 0 aliphatic rings. The van der Waals surface area contributed by atoms with Gasteiger partial charge in [0, 0.05) is 13.7 Å². The average Bonchev–Trinajstić information content (AvgIpc) is 1.87. The van der Waals surface area contributed by atoms with Gasteiger partial charge in [-0.3, -0.25) is 4.99 Å². The molecule has 0 heterocycles. The average molecular weight is 130 g/mol. The molecule has 0 saturated heterocycles. The van der Waals surface area contributed by atoms with Crippen LogP contribution >= 0.6 is 0 Å². The topological polar surface area (TPSA) is 47.6 Å². The lowest BCUT2D eigenvalue weighted by molar-refractivity contribution is 0.121. The summed E-state index contributed by atoms with van der Waals surface area (Å²) in [4.78, 5) is 3.78. The van der Waals surface area contributed by atoms with Gasteiger partial charge in [0.2, 0.25) is 0 Å². The molecule has 9 heavy (non-hydrogen) atoms. The Balaban J connectivity index is 3.59. The second-order valence-corrected chi connectivity index (χ2v) is 1.75. The van der Waals surface area contributed by atoms with Crippen LogP contribution in [0.25, 0.3) is 0 Å². The minimum atomic E-state index is -0.0417. The lowest BCUT2D eigenvalue weighted by Gasteiger charge is -2.08. The van der Waals surface area contributed by atoms with Gasteiger partial charge in [-0.25, -0.2) is 0 Å². The van der Waals surface area contributed by atoms with E-state index in [1.165, 1.54) is 0 Å². The van der Waals surface area contributed by atoms with E-state index in [0.717, 1.165) is 0 Å². The maximum atomic E-state index is 5.43. The molecule has 1 unspecified atom stereocenters. The van der Waals surface area contributed by atoms with Crippen molar-refractivity contribution in [2.24, 2.45) is 10.7 Å². The summed E-state index contributed by atoms with van der Waals surface area (Å²) in [5.74, 6) is 0.553. The van der Waals surface area contributed by atoms with Gasteiger partial charge in [-0.05, 0) is 13.8 Å². The molecule has 0 rings (SSSR count). The Morgan fingerprint density at radius 1 is 1.78 bits per heavy atom. The zero-order valence-electron chi connectivity index (χ0n) is 6.22. The summed E-state index contributed by atoms with van der Waals surface area (Å²) in [6.45, 7) is 4.49. The van der Waals surface area contributed by atoms with Gasteiger partial charge in [-0.1, -0.05) is 0 Å². The number of rotatable bonds is 3. The molecule has 0 fully saturated rings. The number of amidine groups is 1. The van der Waals surface area contributed by atoms with Crippen molar-refractivity contribution >= 4 is 5.84 Å². The van der Waals surface area contributed by atoms with Crippen LogP contribution in [0.2, 0.25) is 0 Å². The number of nitrogens with zero attached hydrogens (tertiary/aromatic N) is 1. The molecule has 54 valence electrons. The van der Waals surface area contributed by atoms with Crippen LogP contribution in [-0.2, 0) is 4.74 Å². The predicted octanol–water partition coefficient (Wildman–Crippen LogP) is 0.398. The summed E-state index contributed by atoms with van der Waals surface area (Å²) in [7, 11) is 1.66. The minimum Gasteiger partial charge on any atom is -0.385 e. The van der Waals surface area contributed by atoms with E-state index in [-0.39, 0.29) is 6.10 Å². The van der Waals surface area contributed by atoms with E-state index in [9.17, 15) is 0 Å². The summed E-state index contributed by atoms with van der Waals surface area (Å²) in [5.41, 5.74) is 5.43. The fraction of sp³-hybridized carbons (Fsp3) is 0.833. The fourth-order valence-corrected chi connectivity index (χ4v) is 0.517. The van der Waals surface area contributed by atoms with E-state index in [0.29, 0.717) is 12.4 Å². The van der Waals surface area contributed by atoms with Crippen molar-refractivity contribution < 1.29 is 4.74 Å². The van der Waals surface area contributed by atoms with Crippen molar-refractivity contribution in [3.8, 4) is 0 Å². The van der Waals surface area contributed by atoms with Crippen LogP contribution < -0.4 is 5.73 Å². The van der Waals surface area contributed by atoms with Gasteiger partial charge in [0.1, 0.15) is 11.9 Å². The standard InChI is InChI=1S/C6H14N2O/c1-4-9-5(2)6(7)8-3/h5H,4H2,1-3H3,(H2,7,8). The Morgan fingerprint density at radius 3 is 2.67 bits per heavy atom. The van der Waals surface area contributed by atoms with Crippen LogP contribution in [0.1, 0.15) is 13.8 Å². The lowest BCUT2D eigenvalue weighted by atomic mass is 10.4. The highest BCUT2D eigenvalue weighted by molar-refractivity contribution is 5.84. The molecular weight excluding hydrogens is 116 g/mol. The van der Waals surface area contributed by atoms with E-state index >= 15 is 0 Å². The van der Waals surface area contributed by atoms with Gasteiger partial charge in [0.05, 0.1) is 0 Å². The van der Waals surface area contributed by atoms with Gasteiger partial charge >= 0.3 is 0 Å². The predicted molar refractivity (Wildman–Crippen MR) is 38.6 cm³/mol. The molecule has 3 nitrogen and oxygen atoms in total. The molecule has 0 radical (unpaired) electrons. The highest BCUT2D eigenvalue weighted by Gasteiger charge is 2.02. The van der Waals surface area contributed by atoms with Crippen LogP contribution in [-0.4, -0.2) is 25.6 Å². The Hall–Kier alpha value is -0.570. The fourth-order valence-electron chi connectivity index (χ4n) is 0.517. The summed E-state index contributed by atoms with van der Waals surface area (Å²) in [5, 5.41) is 0. The number of aliphatic imine (C=N–C) groups is 1. The zero-order valence-corrected chi connectivity index (χ0v) is 6.22. The number of hydrogen-bond acceptors (Lipinski definition) is 2.